The maximum absolute atomic E-state index is 12.9. The second-order valence-electron chi connectivity index (χ2n) is 7.24. The lowest BCUT2D eigenvalue weighted by Gasteiger charge is -2.24. The number of aromatic nitrogens is 2. The normalized spacial score (nSPS) is 14.4. The fourth-order valence-electron chi connectivity index (χ4n) is 3.38. The summed E-state index contributed by atoms with van der Waals surface area (Å²) in [6.45, 7) is 5.47. The SMILES string of the molecule is CCNC(=O)c1nccc2c1CN(C(C)c1cc(C)c(OCCC(F)(F)F)cn1)C2=O. The molecule has 1 aliphatic heterocycles. The Labute approximate surface area is 177 Å². The summed E-state index contributed by atoms with van der Waals surface area (Å²) in [6.07, 6.45) is -2.53. The number of hydrogen-bond acceptors (Lipinski definition) is 5. The van der Waals surface area contributed by atoms with E-state index in [4.69, 9.17) is 4.74 Å². The van der Waals surface area contributed by atoms with Gasteiger partial charge >= 0.3 is 6.18 Å². The van der Waals surface area contributed by atoms with Crippen LogP contribution in [-0.2, 0) is 6.54 Å². The molecule has 0 bridgehead atoms. The molecule has 3 rings (SSSR count). The Morgan fingerprint density at radius 2 is 2.10 bits per heavy atom. The lowest BCUT2D eigenvalue weighted by atomic mass is 10.1. The Morgan fingerprint density at radius 1 is 1.35 bits per heavy atom. The quantitative estimate of drug-likeness (QED) is 0.717. The van der Waals surface area contributed by atoms with Gasteiger partial charge in [-0.25, -0.2) is 0 Å². The van der Waals surface area contributed by atoms with Gasteiger partial charge in [0.2, 0.25) is 0 Å². The molecule has 2 amide bonds. The summed E-state index contributed by atoms with van der Waals surface area (Å²) in [6, 6.07) is 2.85. The molecule has 166 valence electrons. The number of rotatable bonds is 7. The maximum atomic E-state index is 12.9. The largest absolute Gasteiger partial charge is 0.491 e. The van der Waals surface area contributed by atoms with Crippen molar-refractivity contribution in [2.45, 2.75) is 46.0 Å². The molecule has 0 radical (unpaired) electrons. The van der Waals surface area contributed by atoms with Gasteiger partial charge in [-0.1, -0.05) is 0 Å². The number of fused-ring (bicyclic) bond motifs is 1. The molecule has 1 unspecified atom stereocenters. The molecule has 31 heavy (non-hydrogen) atoms. The van der Waals surface area contributed by atoms with Gasteiger partial charge in [-0.3, -0.25) is 19.6 Å². The third-order valence-electron chi connectivity index (χ3n) is 5.05. The minimum Gasteiger partial charge on any atom is -0.491 e. The molecule has 0 saturated carbocycles. The molecule has 3 heterocycles. The standard InChI is InChI=1S/C21H23F3N4O3/c1-4-25-19(29)18-15-11-28(20(30)14(15)5-7-26-18)13(3)16-9-12(2)17(10-27-16)31-8-6-21(22,23)24/h5,7,9-10,13H,4,6,8,11H2,1-3H3,(H,25,29). The van der Waals surface area contributed by atoms with Crippen LogP contribution in [0.2, 0.25) is 0 Å². The molecular formula is C21H23F3N4O3. The molecule has 1 N–H and O–H groups in total. The molecule has 0 spiro atoms. The Morgan fingerprint density at radius 3 is 2.74 bits per heavy atom. The van der Waals surface area contributed by atoms with Crippen LogP contribution in [0.1, 0.15) is 64.0 Å². The fourth-order valence-corrected chi connectivity index (χ4v) is 3.38. The van der Waals surface area contributed by atoms with E-state index in [0.29, 0.717) is 28.9 Å². The number of ether oxygens (including phenoxy) is 1. The van der Waals surface area contributed by atoms with Gasteiger partial charge < -0.3 is 15.0 Å². The molecule has 2 aromatic heterocycles. The number of amides is 2. The zero-order chi connectivity index (χ0) is 22.8. The predicted octanol–water partition coefficient (Wildman–Crippen LogP) is 3.58. The number of carbonyl (C=O) groups is 2. The monoisotopic (exact) mass is 436 g/mol. The van der Waals surface area contributed by atoms with Gasteiger partial charge in [-0.05, 0) is 38.5 Å². The third-order valence-corrected chi connectivity index (χ3v) is 5.05. The summed E-state index contributed by atoms with van der Waals surface area (Å²) < 4.78 is 42.1. The van der Waals surface area contributed by atoms with E-state index in [0.717, 1.165) is 0 Å². The Balaban J connectivity index is 1.76. The second kappa shape index (κ2) is 8.91. The van der Waals surface area contributed by atoms with Crippen molar-refractivity contribution in [1.29, 1.82) is 0 Å². The molecule has 1 atom stereocenters. The minimum atomic E-state index is -4.29. The van der Waals surface area contributed by atoms with Gasteiger partial charge in [0.15, 0.2) is 0 Å². The lowest BCUT2D eigenvalue weighted by Crippen LogP contribution is -2.28. The van der Waals surface area contributed by atoms with Crippen LogP contribution in [0.3, 0.4) is 0 Å². The number of aryl methyl sites for hydroxylation is 1. The Kier molecular flexibility index (Phi) is 6.47. The lowest BCUT2D eigenvalue weighted by molar-refractivity contribution is -0.139. The van der Waals surface area contributed by atoms with Crippen LogP contribution in [0.25, 0.3) is 0 Å². The van der Waals surface area contributed by atoms with Crippen molar-refractivity contribution in [3.8, 4) is 5.75 Å². The summed E-state index contributed by atoms with van der Waals surface area (Å²) in [7, 11) is 0. The molecule has 0 fully saturated rings. The van der Waals surface area contributed by atoms with Crippen molar-refractivity contribution in [1.82, 2.24) is 20.2 Å². The number of pyridine rings is 2. The summed E-state index contributed by atoms with van der Waals surface area (Å²) in [5.41, 5.74) is 2.39. The first-order chi connectivity index (χ1) is 14.6. The van der Waals surface area contributed by atoms with E-state index in [2.05, 4.69) is 15.3 Å². The highest BCUT2D eigenvalue weighted by atomic mass is 19.4. The van der Waals surface area contributed by atoms with Crippen molar-refractivity contribution in [3.05, 3.63) is 52.6 Å². The van der Waals surface area contributed by atoms with Gasteiger partial charge in [0.1, 0.15) is 11.4 Å². The molecule has 7 nitrogen and oxygen atoms in total. The number of nitrogens with zero attached hydrogens (tertiary/aromatic N) is 3. The molecule has 10 heteroatoms. The van der Waals surface area contributed by atoms with E-state index in [1.165, 1.54) is 12.4 Å². The summed E-state index contributed by atoms with van der Waals surface area (Å²) in [4.78, 5) is 35.2. The van der Waals surface area contributed by atoms with Crippen LogP contribution >= 0.6 is 0 Å². The average molecular weight is 436 g/mol. The average Bonchev–Trinajstić information content (AvgIpc) is 3.04. The first kappa shape index (κ1) is 22.5. The summed E-state index contributed by atoms with van der Waals surface area (Å²) in [5, 5.41) is 2.69. The molecular weight excluding hydrogens is 413 g/mol. The molecule has 1 aliphatic rings. The second-order valence-corrected chi connectivity index (χ2v) is 7.24. The van der Waals surface area contributed by atoms with Crippen molar-refractivity contribution < 1.29 is 27.5 Å². The molecule has 0 aromatic carbocycles. The highest BCUT2D eigenvalue weighted by Crippen LogP contribution is 2.33. The molecule has 2 aromatic rings. The number of alkyl halides is 3. The van der Waals surface area contributed by atoms with Crippen LogP contribution in [0.5, 0.6) is 5.75 Å². The highest BCUT2D eigenvalue weighted by Gasteiger charge is 2.35. The van der Waals surface area contributed by atoms with Gasteiger partial charge in [0.05, 0.1) is 31.0 Å². The Bertz CT molecular complexity index is 994. The number of hydrogen-bond donors (Lipinski definition) is 1. The topological polar surface area (TPSA) is 84.4 Å². The summed E-state index contributed by atoms with van der Waals surface area (Å²) in [5.74, 6) is -0.310. The molecule has 0 saturated heterocycles. The van der Waals surface area contributed by atoms with Crippen LogP contribution in [0.4, 0.5) is 13.2 Å². The van der Waals surface area contributed by atoms with E-state index in [-0.39, 0.29) is 29.8 Å². The van der Waals surface area contributed by atoms with Crippen LogP contribution < -0.4 is 10.1 Å². The zero-order valence-electron chi connectivity index (χ0n) is 17.4. The zero-order valence-corrected chi connectivity index (χ0v) is 17.4. The first-order valence-electron chi connectivity index (χ1n) is 9.85. The first-order valence-corrected chi connectivity index (χ1v) is 9.85. The van der Waals surface area contributed by atoms with E-state index in [1.807, 2.05) is 0 Å². The smallest absolute Gasteiger partial charge is 0.392 e. The number of carbonyl (C=O) groups excluding carboxylic acids is 2. The van der Waals surface area contributed by atoms with E-state index < -0.39 is 25.2 Å². The van der Waals surface area contributed by atoms with Gasteiger partial charge in [0, 0.05) is 30.4 Å². The minimum absolute atomic E-state index is 0.209. The fraction of sp³-hybridized carbons (Fsp3) is 0.429. The maximum Gasteiger partial charge on any atom is 0.392 e. The van der Waals surface area contributed by atoms with Crippen LogP contribution in [0, 0.1) is 6.92 Å². The number of halogens is 3. The van der Waals surface area contributed by atoms with Crippen molar-refractivity contribution >= 4 is 11.8 Å². The predicted molar refractivity (Wildman–Crippen MR) is 106 cm³/mol. The van der Waals surface area contributed by atoms with Gasteiger partial charge in [-0.2, -0.15) is 13.2 Å². The number of nitrogens with one attached hydrogen (secondary N) is 1. The van der Waals surface area contributed by atoms with Crippen molar-refractivity contribution in [2.24, 2.45) is 0 Å². The summed E-state index contributed by atoms with van der Waals surface area (Å²) >= 11 is 0. The Hall–Kier alpha value is -3.17. The van der Waals surface area contributed by atoms with Crippen LogP contribution in [0.15, 0.2) is 24.5 Å². The highest BCUT2D eigenvalue weighted by molar-refractivity contribution is 6.03. The van der Waals surface area contributed by atoms with Crippen molar-refractivity contribution in [3.63, 3.8) is 0 Å². The van der Waals surface area contributed by atoms with Crippen LogP contribution in [-0.4, -0.2) is 46.0 Å². The van der Waals surface area contributed by atoms with Gasteiger partial charge in [-0.15, -0.1) is 0 Å². The van der Waals surface area contributed by atoms with E-state index in [1.54, 1.807) is 37.8 Å². The van der Waals surface area contributed by atoms with Crippen molar-refractivity contribution in [2.75, 3.05) is 13.2 Å². The van der Waals surface area contributed by atoms with E-state index >= 15 is 0 Å². The molecule has 0 aliphatic carbocycles. The van der Waals surface area contributed by atoms with E-state index in [9.17, 15) is 22.8 Å². The van der Waals surface area contributed by atoms with Gasteiger partial charge in [0.25, 0.3) is 11.8 Å². The third kappa shape index (κ3) is 4.95.